The molecule has 0 spiro atoms. The minimum atomic E-state index is -0.214. The molecule has 172 valence electrons. The Bertz CT molecular complexity index is 1550. The summed E-state index contributed by atoms with van der Waals surface area (Å²) in [5.41, 5.74) is 2.34. The van der Waals surface area contributed by atoms with Crippen LogP contribution in [0.2, 0.25) is 0 Å². The third-order valence-corrected chi connectivity index (χ3v) is 6.62. The lowest BCUT2D eigenvalue weighted by molar-refractivity contribution is 0.0750. The number of H-pyrrole nitrogens is 1. The molecule has 5 aromatic rings. The van der Waals surface area contributed by atoms with E-state index in [1.54, 1.807) is 40.6 Å². The number of nitrogens with one attached hydrogen (secondary N) is 1. The SMILES string of the molecule is CCN(Cc1nc2ccccc2c(=O)[nH]1)C(=O)c1cc(-c2cccs2)nc2c1cnn2C(C)C. The third kappa shape index (κ3) is 3.88. The van der Waals surface area contributed by atoms with Crippen molar-refractivity contribution in [2.75, 3.05) is 6.54 Å². The van der Waals surface area contributed by atoms with E-state index in [1.165, 1.54) is 0 Å². The van der Waals surface area contributed by atoms with E-state index in [9.17, 15) is 9.59 Å². The number of benzene rings is 1. The number of hydrogen-bond acceptors (Lipinski definition) is 6. The minimum Gasteiger partial charge on any atom is -0.331 e. The Morgan fingerprint density at radius 2 is 1.97 bits per heavy atom. The topological polar surface area (TPSA) is 96.8 Å². The Hall–Kier alpha value is -3.85. The van der Waals surface area contributed by atoms with Crippen molar-refractivity contribution >= 4 is 39.2 Å². The standard InChI is InChI=1S/C25H24N6O2S/c1-4-30(14-22-27-19-9-6-5-8-16(19)24(32)29-22)25(33)17-12-20(21-10-7-11-34-21)28-23-18(17)13-26-31(23)15(2)3/h5-13,15H,4,14H2,1-3H3,(H,27,29,32). The molecule has 0 atom stereocenters. The summed E-state index contributed by atoms with van der Waals surface area (Å²) in [6.07, 6.45) is 1.71. The number of pyridine rings is 1. The summed E-state index contributed by atoms with van der Waals surface area (Å²) in [5.74, 6) is 0.285. The van der Waals surface area contributed by atoms with Gasteiger partial charge in [0, 0.05) is 12.6 Å². The zero-order valence-corrected chi connectivity index (χ0v) is 20.0. The Labute approximate surface area is 199 Å². The molecule has 4 heterocycles. The van der Waals surface area contributed by atoms with Gasteiger partial charge in [0.25, 0.3) is 11.5 Å². The van der Waals surface area contributed by atoms with E-state index in [1.807, 2.05) is 55.1 Å². The summed E-state index contributed by atoms with van der Waals surface area (Å²) >= 11 is 1.57. The molecule has 0 aliphatic heterocycles. The van der Waals surface area contributed by atoms with Crippen LogP contribution in [0.25, 0.3) is 32.5 Å². The summed E-state index contributed by atoms with van der Waals surface area (Å²) in [6, 6.07) is 13.1. The van der Waals surface area contributed by atoms with Gasteiger partial charge in [-0.25, -0.2) is 14.6 Å². The number of amides is 1. The van der Waals surface area contributed by atoms with Gasteiger partial charge in [0.2, 0.25) is 0 Å². The smallest absolute Gasteiger partial charge is 0.258 e. The largest absolute Gasteiger partial charge is 0.331 e. The number of nitrogens with zero attached hydrogens (tertiary/aromatic N) is 5. The van der Waals surface area contributed by atoms with Crippen LogP contribution in [-0.2, 0) is 6.54 Å². The number of fused-ring (bicyclic) bond motifs is 2. The van der Waals surface area contributed by atoms with Crippen LogP contribution in [0.5, 0.6) is 0 Å². The van der Waals surface area contributed by atoms with Crippen LogP contribution in [0.1, 0.15) is 43.0 Å². The highest BCUT2D eigenvalue weighted by atomic mass is 32.1. The number of aromatic nitrogens is 5. The maximum Gasteiger partial charge on any atom is 0.258 e. The van der Waals surface area contributed by atoms with Gasteiger partial charge in [-0.3, -0.25) is 9.59 Å². The average molecular weight is 473 g/mol. The van der Waals surface area contributed by atoms with Gasteiger partial charge in [-0.15, -0.1) is 11.3 Å². The molecule has 0 radical (unpaired) electrons. The first-order valence-electron chi connectivity index (χ1n) is 11.2. The van der Waals surface area contributed by atoms with Crippen molar-refractivity contribution < 1.29 is 4.79 Å². The summed E-state index contributed by atoms with van der Waals surface area (Å²) in [6.45, 7) is 6.62. The van der Waals surface area contributed by atoms with Gasteiger partial charge in [-0.05, 0) is 50.4 Å². The maximum absolute atomic E-state index is 13.8. The second-order valence-corrected chi connectivity index (χ2v) is 9.25. The lowest BCUT2D eigenvalue weighted by Gasteiger charge is -2.21. The van der Waals surface area contributed by atoms with E-state index in [-0.39, 0.29) is 24.1 Å². The van der Waals surface area contributed by atoms with E-state index in [2.05, 4.69) is 15.1 Å². The first-order valence-corrected chi connectivity index (χ1v) is 12.0. The van der Waals surface area contributed by atoms with Crippen molar-refractivity contribution in [3.63, 3.8) is 0 Å². The van der Waals surface area contributed by atoms with E-state index in [0.29, 0.717) is 39.9 Å². The quantitative estimate of drug-likeness (QED) is 0.388. The van der Waals surface area contributed by atoms with E-state index in [0.717, 1.165) is 10.6 Å². The fourth-order valence-electron chi connectivity index (χ4n) is 4.01. The molecular weight excluding hydrogens is 448 g/mol. The number of para-hydroxylation sites is 1. The fraction of sp³-hybridized carbons (Fsp3) is 0.240. The van der Waals surface area contributed by atoms with Crippen molar-refractivity contribution in [1.29, 1.82) is 0 Å². The third-order valence-electron chi connectivity index (χ3n) is 5.73. The van der Waals surface area contributed by atoms with Crippen LogP contribution in [0.15, 0.2) is 58.8 Å². The van der Waals surface area contributed by atoms with E-state index >= 15 is 0 Å². The molecule has 4 aromatic heterocycles. The molecule has 0 bridgehead atoms. The molecule has 9 heteroatoms. The Balaban J connectivity index is 1.58. The summed E-state index contributed by atoms with van der Waals surface area (Å²) in [5, 5.41) is 7.72. The fourth-order valence-corrected chi connectivity index (χ4v) is 4.70. The second kappa shape index (κ2) is 8.83. The number of carbonyl (C=O) groups excluding carboxylic acids is 1. The van der Waals surface area contributed by atoms with Crippen LogP contribution in [0, 0.1) is 0 Å². The maximum atomic E-state index is 13.8. The molecule has 0 unspecified atom stereocenters. The molecule has 34 heavy (non-hydrogen) atoms. The van der Waals surface area contributed by atoms with Gasteiger partial charge in [0.15, 0.2) is 5.65 Å². The van der Waals surface area contributed by atoms with Crippen molar-refractivity contribution in [3.05, 3.63) is 75.8 Å². The molecule has 0 saturated carbocycles. The number of hydrogen-bond donors (Lipinski definition) is 1. The number of carbonyl (C=O) groups is 1. The molecule has 0 aliphatic rings. The number of thiophene rings is 1. The summed E-state index contributed by atoms with van der Waals surface area (Å²) in [4.78, 5) is 41.2. The molecule has 0 aliphatic carbocycles. The number of rotatable bonds is 6. The first-order chi connectivity index (χ1) is 16.5. The normalized spacial score (nSPS) is 11.5. The van der Waals surface area contributed by atoms with Crippen molar-refractivity contribution in [2.24, 2.45) is 0 Å². The molecule has 1 amide bonds. The van der Waals surface area contributed by atoms with Gasteiger partial charge in [-0.2, -0.15) is 5.10 Å². The van der Waals surface area contributed by atoms with Gasteiger partial charge in [-0.1, -0.05) is 18.2 Å². The first kappa shape index (κ1) is 22.0. The van der Waals surface area contributed by atoms with Crippen molar-refractivity contribution in [3.8, 4) is 10.6 Å². The van der Waals surface area contributed by atoms with Gasteiger partial charge in [0.05, 0.1) is 45.2 Å². The summed E-state index contributed by atoms with van der Waals surface area (Å²) in [7, 11) is 0. The minimum absolute atomic E-state index is 0.0979. The van der Waals surface area contributed by atoms with Crippen molar-refractivity contribution in [1.82, 2.24) is 29.6 Å². The molecular formula is C25H24N6O2S. The zero-order valence-electron chi connectivity index (χ0n) is 19.1. The molecule has 8 nitrogen and oxygen atoms in total. The molecule has 1 N–H and O–H groups in total. The highest BCUT2D eigenvalue weighted by Crippen LogP contribution is 2.29. The highest BCUT2D eigenvalue weighted by Gasteiger charge is 2.23. The Kier molecular flexibility index (Phi) is 5.70. The predicted molar refractivity (Wildman–Crippen MR) is 134 cm³/mol. The Morgan fingerprint density at radius 1 is 1.15 bits per heavy atom. The van der Waals surface area contributed by atoms with Gasteiger partial charge >= 0.3 is 0 Å². The van der Waals surface area contributed by atoms with Crippen LogP contribution >= 0.6 is 11.3 Å². The van der Waals surface area contributed by atoms with Crippen molar-refractivity contribution in [2.45, 2.75) is 33.4 Å². The lowest BCUT2D eigenvalue weighted by Crippen LogP contribution is -2.32. The average Bonchev–Trinajstić information content (AvgIpc) is 3.52. The zero-order chi connectivity index (χ0) is 23.8. The molecule has 1 aromatic carbocycles. The molecule has 5 rings (SSSR count). The van der Waals surface area contributed by atoms with E-state index < -0.39 is 0 Å². The van der Waals surface area contributed by atoms with Crippen LogP contribution in [0.4, 0.5) is 0 Å². The van der Waals surface area contributed by atoms with Gasteiger partial charge in [0.1, 0.15) is 5.82 Å². The second-order valence-electron chi connectivity index (χ2n) is 8.30. The van der Waals surface area contributed by atoms with Gasteiger partial charge < -0.3 is 9.88 Å². The molecule has 0 fully saturated rings. The van der Waals surface area contributed by atoms with E-state index in [4.69, 9.17) is 4.98 Å². The summed E-state index contributed by atoms with van der Waals surface area (Å²) < 4.78 is 1.84. The van der Waals surface area contributed by atoms with Crippen LogP contribution in [0.3, 0.4) is 0 Å². The van der Waals surface area contributed by atoms with Crippen LogP contribution < -0.4 is 5.56 Å². The highest BCUT2D eigenvalue weighted by molar-refractivity contribution is 7.13. The molecule has 0 saturated heterocycles. The monoisotopic (exact) mass is 472 g/mol. The Morgan fingerprint density at radius 3 is 2.71 bits per heavy atom. The van der Waals surface area contributed by atoms with Crippen LogP contribution in [-0.4, -0.2) is 42.1 Å². The predicted octanol–water partition coefficient (Wildman–Crippen LogP) is 4.64. The number of aromatic amines is 1. The lowest BCUT2D eigenvalue weighted by atomic mass is 10.1.